The van der Waals surface area contributed by atoms with Crippen molar-refractivity contribution >= 4 is 13.3 Å². The van der Waals surface area contributed by atoms with Crippen LogP contribution in [-0.2, 0) is 6.37 Å². The van der Waals surface area contributed by atoms with Crippen LogP contribution >= 0.6 is 0 Å². The number of halogens is 1. The van der Waals surface area contributed by atoms with Gasteiger partial charge < -0.3 is 0 Å². The predicted octanol–water partition coefficient (Wildman–Crippen LogP) is 4.63. The van der Waals surface area contributed by atoms with Crippen molar-refractivity contribution in [1.82, 2.24) is 4.98 Å². The van der Waals surface area contributed by atoms with Crippen molar-refractivity contribution in [3.63, 3.8) is 0 Å². The summed E-state index contributed by atoms with van der Waals surface area (Å²) in [4.78, 5) is 4.52. The first kappa shape index (κ1) is 13.2. The van der Waals surface area contributed by atoms with Crippen LogP contribution in [0.4, 0.5) is 4.39 Å². The van der Waals surface area contributed by atoms with Crippen molar-refractivity contribution < 1.29 is 7.13 Å². The van der Waals surface area contributed by atoms with E-state index in [1.807, 2.05) is 26.1 Å². The van der Waals surface area contributed by atoms with Crippen molar-refractivity contribution in [3.8, 4) is 11.3 Å². The Kier molecular flexibility index (Phi) is 3.83. The molecular formula is C18H24FNSi. The highest BCUT2D eigenvalue weighted by Gasteiger charge is 2.21. The van der Waals surface area contributed by atoms with Crippen LogP contribution in [0.5, 0.6) is 0 Å². The SMILES string of the molecule is [2H]C([2H])(c1cc(-c2ccc(F)cc2)ncc1[Si](C)(C)C)C(C)C. The molecule has 112 valence electrons. The van der Waals surface area contributed by atoms with Crippen molar-refractivity contribution in [1.29, 1.82) is 0 Å². The lowest BCUT2D eigenvalue weighted by molar-refractivity contribution is 0.628. The van der Waals surface area contributed by atoms with E-state index in [0.717, 1.165) is 16.3 Å². The highest BCUT2D eigenvalue weighted by molar-refractivity contribution is 6.89. The first-order chi connectivity index (χ1) is 10.5. The summed E-state index contributed by atoms with van der Waals surface area (Å²) in [5.74, 6) is -0.425. The molecule has 0 N–H and O–H groups in total. The second-order valence-corrected chi connectivity index (χ2v) is 11.7. The molecule has 3 heteroatoms. The fourth-order valence-corrected chi connectivity index (χ4v) is 3.67. The highest BCUT2D eigenvalue weighted by Crippen LogP contribution is 2.20. The van der Waals surface area contributed by atoms with E-state index in [1.165, 1.54) is 12.1 Å². The smallest absolute Gasteiger partial charge is 0.123 e. The third-order valence-electron chi connectivity index (χ3n) is 3.30. The zero-order chi connectivity index (χ0) is 17.4. The van der Waals surface area contributed by atoms with Gasteiger partial charge in [0.15, 0.2) is 0 Å². The molecule has 0 radical (unpaired) electrons. The van der Waals surface area contributed by atoms with Gasteiger partial charge in [-0.25, -0.2) is 4.39 Å². The summed E-state index contributed by atoms with van der Waals surface area (Å²) in [7, 11) is -1.73. The Morgan fingerprint density at radius 2 is 1.81 bits per heavy atom. The quantitative estimate of drug-likeness (QED) is 0.750. The zero-order valence-electron chi connectivity index (χ0n) is 15.4. The maximum atomic E-state index is 13.1. The average molecular weight is 303 g/mol. The molecular weight excluding hydrogens is 277 g/mol. The minimum Gasteiger partial charge on any atom is -0.256 e. The van der Waals surface area contributed by atoms with Gasteiger partial charge in [-0.1, -0.05) is 33.5 Å². The number of pyridine rings is 1. The lowest BCUT2D eigenvalue weighted by atomic mass is 10.0. The van der Waals surface area contributed by atoms with Crippen LogP contribution in [0, 0.1) is 11.7 Å². The Labute approximate surface area is 131 Å². The third-order valence-corrected chi connectivity index (χ3v) is 5.31. The molecule has 1 heterocycles. The van der Waals surface area contributed by atoms with Gasteiger partial charge in [0.05, 0.1) is 13.8 Å². The normalized spacial score (nSPS) is 14.0. The number of nitrogens with zero attached hydrogens (tertiary/aromatic N) is 1. The topological polar surface area (TPSA) is 12.9 Å². The van der Waals surface area contributed by atoms with E-state index >= 15 is 0 Å². The van der Waals surface area contributed by atoms with Crippen molar-refractivity contribution in [2.45, 2.75) is 39.9 Å². The minimum atomic E-state index is -1.73. The number of aromatic nitrogens is 1. The van der Waals surface area contributed by atoms with E-state index in [4.69, 9.17) is 2.74 Å². The lowest BCUT2D eigenvalue weighted by Crippen LogP contribution is -2.40. The fourth-order valence-electron chi connectivity index (χ4n) is 2.26. The van der Waals surface area contributed by atoms with Crippen LogP contribution in [0.3, 0.4) is 0 Å². The summed E-state index contributed by atoms with van der Waals surface area (Å²) in [5, 5.41) is 1.04. The Morgan fingerprint density at radius 1 is 1.19 bits per heavy atom. The van der Waals surface area contributed by atoms with Crippen molar-refractivity contribution in [2.75, 3.05) is 0 Å². The van der Waals surface area contributed by atoms with Gasteiger partial charge in [0.1, 0.15) is 5.82 Å². The van der Waals surface area contributed by atoms with Gasteiger partial charge in [-0.2, -0.15) is 0 Å². The van der Waals surface area contributed by atoms with Crippen LogP contribution in [-0.4, -0.2) is 13.1 Å². The highest BCUT2D eigenvalue weighted by atomic mass is 28.3. The van der Waals surface area contributed by atoms with Crippen molar-refractivity contribution in [3.05, 3.63) is 47.9 Å². The maximum absolute atomic E-state index is 13.1. The second-order valence-electron chi connectivity index (χ2n) is 6.67. The number of rotatable bonds is 4. The molecule has 0 spiro atoms. The van der Waals surface area contributed by atoms with Crippen LogP contribution in [0.1, 0.15) is 22.2 Å². The molecule has 0 amide bonds. The lowest BCUT2D eigenvalue weighted by Gasteiger charge is -2.22. The molecule has 0 aliphatic heterocycles. The van der Waals surface area contributed by atoms with Crippen LogP contribution in [0.2, 0.25) is 19.6 Å². The summed E-state index contributed by atoms with van der Waals surface area (Å²) in [5.41, 5.74) is 2.21. The Hall–Kier alpha value is -1.48. The molecule has 0 aliphatic rings. The Morgan fingerprint density at radius 3 is 2.33 bits per heavy atom. The molecule has 0 aliphatic carbocycles. The average Bonchev–Trinajstić information content (AvgIpc) is 2.46. The minimum absolute atomic E-state index is 0.138. The largest absolute Gasteiger partial charge is 0.256 e. The fraction of sp³-hybridized carbons (Fsp3) is 0.389. The van der Waals surface area contributed by atoms with Gasteiger partial charge in [0.2, 0.25) is 0 Å². The molecule has 0 saturated heterocycles. The molecule has 0 unspecified atom stereocenters. The molecule has 2 aromatic rings. The molecule has 0 fully saturated rings. The number of hydrogen-bond acceptors (Lipinski definition) is 1. The summed E-state index contributed by atoms with van der Waals surface area (Å²) in [6.45, 7) is 10.4. The molecule has 2 rings (SSSR count). The summed E-state index contributed by atoms with van der Waals surface area (Å²) in [6.07, 6.45) is 0.397. The molecule has 1 nitrogen and oxygen atoms in total. The molecule has 1 aromatic carbocycles. The summed E-state index contributed by atoms with van der Waals surface area (Å²) < 4.78 is 30.2. The number of hydrogen-bond donors (Lipinski definition) is 0. The van der Waals surface area contributed by atoms with Crippen molar-refractivity contribution in [2.24, 2.45) is 5.92 Å². The van der Waals surface area contributed by atoms with Gasteiger partial charge in [-0.3, -0.25) is 4.98 Å². The molecule has 0 atom stereocenters. The molecule has 0 bridgehead atoms. The van der Waals surface area contributed by atoms with E-state index in [-0.39, 0.29) is 11.7 Å². The third kappa shape index (κ3) is 4.00. The van der Waals surface area contributed by atoms with E-state index < -0.39 is 14.4 Å². The Balaban J connectivity index is 2.65. The molecule has 21 heavy (non-hydrogen) atoms. The first-order valence-corrected chi connectivity index (χ1v) is 10.8. The summed E-state index contributed by atoms with van der Waals surface area (Å²) >= 11 is 0. The Bertz CT molecular complexity index is 691. The summed E-state index contributed by atoms with van der Waals surface area (Å²) in [6, 6.07) is 8.02. The van der Waals surface area contributed by atoms with Gasteiger partial charge >= 0.3 is 0 Å². The monoisotopic (exact) mass is 303 g/mol. The van der Waals surface area contributed by atoms with E-state index in [9.17, 15) is 4.39 Å². The zero-order valence-corrected chi connectivity index (χ0v) is 14.4. The van der Waals surface area contributed by atoms with E-state index in [0.29, 0.717) is 5.69 Å². The number of benzene rings is 1. The van der Waals surface area contributed by atoms with Crippen LogP contribution in [0.15, 0.2) is 36.5 Å². The predicted molar refractivity (Wildman–Crippen MR) is 91.2 cm³/mol. The van der Waals surface area contributed by atoms with Gasteiger partial charge in [0.25, 0.3) is 0 Å². The second kappa shape index (κ2) is 6.10. The van der Waals surface area contributed by atoms with Gasteiger partial charge in [-0.15, -0.1) is 0 Å². The molecule has 0 saturated carbocycles. The van der Waals surface area contributed by atoms with Gasteiger partial charge in [-0.05, 0) is 53.4 Å². The molecule has 1 aromatic heterocycles. The van der Waals surface area contributed by atoms with Crippen LogP contribution in [0.25, 0.3) is 11.3 Å². The maximum Gasteiger partial charge on any atom is 0.123 e. The van der Waals surface area contributed by atoms with Gasteiger partial charge in [0, 0.05) is 14.5 Å². The van der Waals surface area contributed by atoms with E-state index in [2.05, 4.69) is 24.6 Å². The first-order valence-electron chi connectivity index (χ1n) is 8.30. The standard InChI is InChI=1S/C18H24FNSi/c1-13(2)10-15-11-17(14-6-8-16(19)9-7-14)20-12-18(15)21(3,4)5/h6-9,11-13H,10H2,1-5H3/i10D2. The van der Waals surface area contributed by atoms with Crippen LogP contribution < -0.4 is 5.19 Å². The van der Waals surface area contributed by atoms with E-state index in [1.54, 1.807) is 12.1 Å².